The van der Waals surface area contributed by atoms with Gasteiger partial charge in [-0.05, 0) is 31.6 Å². The molecule has 0 saturated heterocycles. The first-order valence-electron chi connectivity index (χ1n) is 7.12. The van der Waals surface area contributed by atoms with Crippen LogP contribution < -0.4 is 4.72 Å². The van der Waals surface area contributed by atoms with Gasteiger partial charge in [0.05, 0.1) is 5.69 Å². The van der Waals surface area contributed by atoms with Gasteiger partial charge in [-0.2, -0.15) is 0 Å². The minimum atomic E-state index is -3.43. The first kappa shape index (κ1) is 13.1. The van der Waals surface area contributed by atoms with E-state index in [9.17, 15) is 8.42 Å². The van der Waals surface area contributed by atoms with Crippen LogP contribution in [0.2, 0.25) is 0 Å². The van der Waals surface area contributed by atoms with Crippen molar-refractivity contribution in [3.8, 4) is 0 Å². The zero-order chi connectivity index (χ0) is 13.6. The van der Waals surface area contributed by atoms with Gasteiger partial charge in [-0.25, -0.2) is 18.1 Å². The summed E-state index contributed by atoms with van der Waals surface area (Å²) in [5.74, 6) is 1.43. The Kier molecular flexibility index (Phi) is 3.17. The third-order valence-corrected chi connectivity index (χ3v) is 5.45. The van der Waals surface area contributed by atoms with Crippen molar-refractivity contribution in [2.75, 3.05) is 0 Å². The maximum Gasteiger partial charge on any atom is 0.260 e. The van der Waals surface area contributed by atoms with Crippen molar-refractivity contribution in [2.45, 2.75) is 63.6 Å². The molecule has 3 rings (SSSR count). The fourth-order valence-corrected chi connectivity index (χ4v) is 4.23. The van der Waals surface area contributed by atoms with Gasteiger partial charge in [0.2, 0.25) is 0 Å². The zero-order valence-electron chi connectivity index (χ0n) is 11.5. The summed E-state index contributed by atoms with van der Waals surface area (Å²) >= 11 is 0. The molecule has 0 aromatic carbocycles. The van der Waals surface area contributed by atoms with Gasteiger partial charge < -0.3 is 4.57 Å². The molecule has 0 bridgehead atoms. The molecule has 1 saturated carbocycles. The second-order valence-corrected chi connectivity index (χ2v) is 7.41. The molecule has 2 heterocycles. The lowest BCUT2D eigenvalue weighted by Gasteiger charge is -2.22. The van der Waals surface area contributed by atoms with Crippen molar-refractivity contribution >= 4 is 10.0 Å². The highest BCUT2D eigenvalue weighted by molar-refractivity contribution is 7.89. The Labute approximate surface area is 114 Å². The molecule has 1 aromatic heterocycles. The van der Waals surface area contributed by atoms with E-state index in [2.05, 4.69) is 21.2 Å². The van der Waals surface area contributed by atoms with E-state index in [1.54, 1.807) is 0 Å². The number of sulfonamides is 1. The summed E-state index contributed by atoms with van der Waals surface area (Å²) in [4.78, 5) is 4.41. The molecule has 1 aliphatic heterocycles. The average Bonchev–Trinajstić information content (AvgIpc) is 3.07. The largest absolute Gasteiger partial charge is 0.331 e. The number of rotatable bonds is 4. The molecule has 0 spiro atoms. The predicted molar refractivity (Wildman–Crippen MR) is 72.4 cm³/mol. The number of imidazole rings is 1. The normalized spacial score (nSPS) is 23.4. The van der Waals surface area contributed by atoms with Crippen LogP contribution in [-0.2, 0) is 29.4 Å². The Hall–Kier alpha value is -0.880. The minimum absolute atomic E-state index is 0.133. The second kappa shape index (κ2) is 4.59. The summed E-state index contributed by atoms with van der Waals surface area (Å²) in [6.07, 6.45) is 4.60. The van der Waals surface area contributed by atoms with Crippen LogP contribution in [0.4, 0.5) is 0 Å². The van der Waals surface area contributed by atoms with E-state index in [4.69, 9.17) is 0 Å². The summed E-state index contributed by atoms with van der Waals surface area (Å²) in [6, 6.07) is 0.133. The van der Waals surface area contributed by atoms with Crippen LogP contribution in [0.1, 0.15) is 44.6 Å². The lowest BCUT2D eigenvalue weighted by atomic mass is 9.98. The third kappa shape index (κ3) is 2.43. The van der Waals surface area contributed by atoms with Gasteiger partial charge in [-0.3, -0.25) is 0 Å². The smallest absolute Gasteiger partial charge is 0.260 e. The molecule has 1 fully saturated rings. The van der Waals surface area contributed by atoms with Crippen LogP contribution >= 0.6 is 0 Å². The van der Waals surface area contributed by atoms with Gasteiger partial charge in [0.1, 0.15) is 5.82 Å². The van der Waals surface area contributed by atoms with Crippen molar-refractivity contribution in [1.82, 2.24) is 14.3 Å². The first-order chi connectivity index (χ1) is 9.01. The SMILES string of the molecule is CCc1nc(S(=O)(=O)NC2CC2)c2n1CCC(C)C2. The molecular weight excluding hydrogens is 262 g/mol. The topological polar surface area (TPSA) is 64.0 Å². The summed E-state index contributed by atoms with van der Waals surface area (Å²) in [5.41, 5.74) is 0.906. The van der Waals surface area contributed by atoms with E-state index in [-0.39, 0.29) is 11.1 Å². The lowest BCUT2D eigenvalue weighted by molar-refractivity contribution is 0.405. The number of aryl methyl sites for hydroxylation is 1. The first-order valence-corrected chi connectivity index (χ1v) is 8.60. The molecule has 1 unspecified atom stereocenters. The minimum Gasteiger partial charge on any atom is -0.331 e. The van der Waals surface area contributed by atoms with Crippen molar-refractivity contribution in [3.05, 3.63) is 11.5 Å². The van der Waals surface area contributed by atoms with E-state index in [1.807, 2.05) is 6.92 Å². The Morgan fingerprint density at radius 2 is 2.11 bits per heavy atom. The fraction of sp³-hybridized carbons (Fsp3) is 0.769. The monoisotopic (exact) mass is 283 g/mol. The molecule has 2 aliphatic rings. The van der Waals surface area contributed by atoms with Crippen molar-refractivity contribution < 1.29 is 8.42 Å². The molecule has 1 aromatic rings. The summed E-state index contributed by atoms with van der Waals surface area (Å²) < 4.78 is 29.7. The third-order valence-electron chi connectivity index (χ3n) is 3.97. The lowest BCUT2D eigenvalue weighted by Crippen LogP contribution is -2.28. The van der Waals surface area contributed by atoms with Gasteiger partial charge in [-0.15, -0.1) is 0 Å². The number of aromatic nitrogens is 2. The number of nitrogens with one attached hydrogen (secondary N) is 1. The predicted octanol–water partition coefficient (Wildman–Crippen LogP) is 1.47. The van der Waals surface area contributed by atoms with Gasteiger partial charge in [0, 0.05) is 19.0 Å². The highest BCUT2D eigenvalue weighted by Gasteiger charge is 2.34. The molecule has 1 aliphatic carbocycles. The number of hydrogen-bond acceptors (Lipinski definition) is 3. The quantitative estimate of drug-likeness (QED) is 0.910. The standard InChI is InChI=1S/C13H21N3O2S/c1-3-12-14-13(19(17,18)15-10-4-5-10)11-8-9(2)6-7-16(11)12/h9-10,15H,3-8H2,1-2H3. The Bertz CT molecular complexity index is 587. The summed E-state index contributed by atoms with van der Waals surface area (Å²) in [6.45, 7) is 5.09. The summed E-state index contributed by atoms with van der Waals surface area (Å²) in [5, 5.41) is 0.280. The van der Waals surface area contributed by atoms with E-state index < -0.39 is 10.0 Å². The molecule has 19 heavy (non-hydrogen) atoms. The molecule has 1 atom stereocenters. The number of fused-ring (bicyclic) bond motifs is 1. The molecule has 0 radical (unpaired) electrons. The van der Waals surface area contributed by atoms with Gasteiger partial charge in [0.15, 0.2) is 5.03 Å². The van der Waals surface area contributed by atoms with Gasteiger partial charge in [-0.1, -0.05) is 13.8 Å². The van der Waals surface area contributed by atoms with E-state index >= 15 is 0 Å². The van der Waals surface area contributed by atoms with Crippen LogP contribution in [-0.4, -0.2) is 24.0 Å². The van der Waals surface area contributed by atoms with Crippen LogP contribution in [0.3, 0.4) is 0 Å². The van der Waals surface area contributed by atoms with Crippen molar-refractivity contribution in [3.63, 3.8) is 0 Å². The van der Waals surface area contributed by atoms with Crippen LogP contribution in [0.5, 0.6) is 0 Å². The molecule has 5 nitrogen and oxygen atoms in total. The van der Waals surface area contributed by atoms with Crippen LogP contribution in [0.15, 0.2) is 5.03 Å². The highest BCUT2D eigenvalue weighted by atomic mass is 32.2. The molecule has 6 heteroatoms. The van der Waals surface area contributed by atoms with E-state index in [0.29, 0.717) is 5.92 Å². The maximum atomic E-state index is 12.4. The van der Waals surface area contributed by atoms with Gasteiger partial charge in [0.25, 0.3) is 10.0 Å². The molecule has 106 valence electrons. The molecule has 0 amide bonds. The van der Waals surface area contributed by atoms with Crippen molar-refractivity contribution in [1.29, 1.82) is 0 Å². The Morgan fingerprint density at radius 1 is 1.37 bits per heavy atom. The van der Waals surface area contributed by atoms with Crippen LogP contribution in [0.25, 0.3) is 0 Å². The second-order valence-electron chi connectivity index (χ2n) is 5.78. The zero-order valence-corrected chi connectivity index (χ0v) is 12.3. The maximum absolute atomic E-state index is 12.4. The number of hydrogen-bond donors (Lipinski definition) is 1. The highest BCUT2D eigenvalue weighted by Crippen LogP contribution is 2.29. The average molecular weight is 283 g/mol. The Morgan fingerprint density at radius 3 is 2.74 bits per heavy atom. The Balaban J connectivity index is 2.03. The fourth-order valence-electron chi connectivity index (χ4n) is 2.72. The molecule has 1 N–H and O–H groups in total. The van der Waals surface area contributed by atoms with Crippen LogP contribution in [0, 0.1) is 5.92 Å². The van der Waals surface area contributed by atoms with E-state index in [0.717, 1.165) is 50.2 Å². The molecular formula is C13H21N3O2S. The summed E-state index contributed by atoms with van der Waals surface area (Å²) in [7, 11) is -3.43. The van der Waals surface area contributed by atoms with Crippen molar-refractivity contribution in [2.24, 2.45) is 5.92 Å². The van der Waals surface area contributed by atoms with E-state index in [1.165, 1.54) is 0 Å². The van der Waals surface area contributed by atoms with Gasteiger partial charge >= 0.3 is 0 Å². The number of nitrogens with zero attached hydrogens (tertiary/aromatic N) is 2.